The van der Waals surface area contributed by atoms with E-state index < -0.39 is 0 Å². The van der Waals surface area contributed by atoms with Gasteiger partial charge in [-0.15, -0.1) is 24.8 Å². The molecular formula is C16H21Cl2N3O. The largest absolute Gasteiger partial charge is 0.349 e. The number of para-hydroxylation sites is 1. The Morgan fingerprint density at radius 3 is 2.64 bits per heavy atom. The SMILES string of the molecule is Cc1cc(C(=O)NC2CCNCC2)c2ccccc2n1.Cl.Cl. The first-order valence-electron chi connectivity index (χ1n) is 7.12. The number of fused-ring (bicyclic) bond motifs is 1. The van der Waals surface area contributed by atoms with E-state index in [1.165, 1.54) is 0 Å². The molecule has 1 aliphatic rings. The summed E-state index contributed by atoms with van der Waals surface area (Å²) >= 11 is 0. The Labute approximate surface area is 142 Å². The van der Waals surface area contributed by atoms with Crippen molar-refractivity contribution in [3.63, 3.8) is 0 Å². The van der Waals surface area contributed by atoms with Gasteiger partial charge in [0.2, 0.25) is 0 Å². The first-order chi connectivity index (χ1) is 9.74. The summed E-state index contributed by atoms with van der Waals surface area (Å²) in [7, 11) is 0. The second-order valence-electron chi connectivity index (χ2n) is 5.33. The van der Waals surface area contributed by atoms with Crippen molar-refractivity contribution in [2.45, 2.75) is 25.8 Å². The number of hydrogen-bond acceptors (Lipinski definition) is 3. The molecule has 0 unspecified atom stereocenters. The monoisotopic (exact) mass is 341 g/mol. The first kappa shape index (κ1) is 18.7. The van der Waals surface area contributed by atoms with Gasteiger partial charge < -0.3 is 10.6 Å². The van der Waals surface area contributed by atoms with Gasteiger partial charge in [-0.3, -0.25) is 9.78 Å². The molecule has 4 nitrogen and oxygen atoms in total. The summed E-state index contributed by atoms with van der Waals surface area (Å²) in [4.78, 5) is 17.0. The van der Waals surface area contributed by atoms with Gasteiger partial charge in [0, 0.05) is 17.1 Å². The fraction of sp³-hybridized carbons (Fsp3) is 0.375. The molecule has 1 aromatic carbocycles. The lowest BCUT2D eigenvalue weighted by molar-refractivity contribution is 0.0931. The van der Waals surface area contributed by atoms with Crippen LogP contribution in [0.25, 0.3) is 10.9 Å². The van der Waals surface area contributed by atoms with Gasteiger partial charge >= 0.3 is 0 Å². The number of halogens is 2. The maximum atomic E-state index is 12.5. The quantitative estimate of drug-likeness (QED) is 0.882. The van der Waals surface area contributed by atoms with Crippen LogP contribution in [0.3, 0.4) is 0 Å². The predicted molar refractivity (Wildman–Crippen MR) is 94.3 cm³/mol. The third-order valence-electron chi connectivity index (χ3n) is 3.76. The number of aromatic nitrogens is 1. The maximum Gasteiger partial charge on any atom is 0.252 e. The van der Waals surface area contributed by atoms with Gasteiger partial charge in [-0.1, -0.05) is 18.2 Å². The first-order valence-corrected chi connectivity index (χ1v) is 7.12. The summed E-state index contributed by atoms with van der Waals surface area (Å²) in [6.07, 6.45) is 1.99. The minimum atomic E-state index is 0. The van der Waals surface area contributed by atoms with Crippen LogP contribution in [-0.4, -0.2) is 30.0 Å². The zero-order valence-corrected chi connectivity index (χ0v) is 14.1. The van der Waals surface area contributed by atoms with Gasteiger partial charge in [-0.25, -0.2) is 0 Å². The van der Waals surface area contributed by atoms with Crippen molar-refractivity contribution in [3.05, 3.63) is 41.6 Å². The van der Waals surface area contributed by atoms with Gasteiger partial charge in [-0.05, 0) is 45.0 Å². The summed E-state index contributed by atoms with van der Waals surface area (Å²) in [5.74, 6) is 0.0126. The average molecular weight is 342 g/mol. The standard InChI is InChI=1S/C16H19N3O.2ClH/c1-11-10-14(13-4-2-3-5-15(13)18-11)16(20)19-12-6-8-17-9-7-12;;/h2-5,10,12,17H,6-9H2,1H3,(H,19,20);2*1H. The minimum absolute atomic E-state index is 0. The molecule has 1 saturated heterocycles. The Balaban J connectivity index is 0.00000121. The number of benzene rings is 1. The molecule has 1 amide bonds. The van der Waals surface area contributed by atoms with Crippen LogP contribution in [0.2, 0.25) is 0 Å². The number of rotatable bonds is 2. The van der Waals surface area contributed by atoms with E-state index in [1.54, 1.807) is 0 Å². The zero-order valence-electron chi connectivity index (χ0n) is 12.5. The Hall–Kier alpha value is -1.36. The van der Waals surface area contributed by atoms with Gasteiger partial charge in [0.25, 0.3) is 5.91 Å². The Morgan fingerprint density at radius 2 is 1.91 bits per heavy atom. The van der Waals surface area contributed by atoms with E-state index in [2.05, 4.69) is 15.6 Å². The van der Waals surface area contributed by atoms with Crippen LogP contribution < -0.4 is 10.6 Å². The lowest BCUT2D eigenvalue weighted by Crippen LogP contribution is -2.42. The number of nitrogens with zero attached hydrogens (tertiary/aromatic N) is 1. The van der Waals surface area contributed by atoms with Crippen LogP contribution in [0.1, 0.15) is 28.9 Å². The molecule has 0 radical (unpaired) electrons. The van der Waals surface area contributed by atoms with Crippen molar-refractivity contribution in [2.75, 3.05) is 13.1 Å². The van der Waals surface area contributed by atoms with Crippen molar-refractivity contribution in [2.24, 2.45) is 0 Å². The maximum absolute atomic E-state index is 12.5. The van der Waals surface area contributed by atoms with E-state index in [9.17, 15) is 4.79 Å². The van der Waals surface area contributed by atoms with Crippen LogP contribution >= 0.6 is 24.8 Å². The van der Waals surface area contributed by atoms with Gasteiger partial charge in [-0.2, -0.15) is 0 Å². The molecule has 0 spiro atoms. The minimum Gasteiger partial charge on any atom is -0.349 e. The second-order valence-corrected chi connectivity index (χ2v) is 5.33. The highest BCUT2D eigenvalue weighted by Gasteiger charge is 2.18. The Morgan fingerprint density at radius 1 is 1.23 bits per heavy atom. The molecule has 22 heavy (non-hydrogen) atoms. The predicted octanol–water partition coefficient (Wildman–Crippen LogP) is 2.87. The molecule has 3 rings (SSSR count). The highest BCUT2D eigenvalue weighted by molar-refractivity contribution is 6.06. The van der Waals surface area contributed by atoms with E-state index in [0.29, 0.717) is 0 Å². The average Bonchev–Trinajstić information content (AvgIpc) is 2.47. The van der Waals surface area contributed by atoms with Crippen molar-refractivity contribution in [1.29, 1.82) is 0 Å². The third-order valence-corrected chi connectivity index (χ3v) is 3.76. The van der Waals surface area contributed by atoms with Crippen molar-refractivity contribution in [1.82, 2.24) is 15.6 Å². The molecule has 2 N–H and O–H groups in total. The summed E-state index contributed by atoms with van der Waals surface area (Å²) in [5, 5.41) is 7.37. The summed E-state index contributed by atoms with van der Waals surface area (Å²) < 4.78 is 0. The summed E-state index contributed by atoms with van der Waals surface area (Å²) in [5.41, 5.74) is 2.48. The molecule has 2 aromatic rings. The number of carbonyl (C=O) groups excluding carboxylic acids is 1. The molecule has 0 atom stereocenters. The molecule has 1 aromatic heterocycles. The third kappa shape index (κ3) is 4.09. The van der Waals surface area contributed by atoms with Gasteiger partial charge in [0.05, 0.1) is 11.1 Å². The number of pyridine rings is 1. The zero-order chi connectivity index (χ0) is 13.9. The molecular weight excluding hydrogens is 321 g/mol. The van der Waals surface area contributed by atoms with E-state index >= 15 is 0 Å². The number of aryl methyl sites for hydroxylation is 1. The number of carbonyl (C=O) groups is 1. The van der Waals surface area contributed by atoms with Gasteiger partial charge in [0.15, 0.2) is 0 Å². The van der Waals surface area contributed by atoms with Crippen LogP contribution in [0.15, 0.2) is 30.3 Å². The van der Waals surface area contributed by atoms with Crippen LogP contribution in [0.4, 0.5) is 0 Å². The van der Waals surface area contributed by atoms with Crippen LogP contribution in [0.5, 0.6) is 0 Å². The highest BCUT2D eigenvalue weighted by Crippen LogP contribution is 2.18. The van der Waals surface area contributed by atoms with E-state index in [1.807, 2.05) is 37.3 Å². The number of nitrogens with one attached hydrogen (secondary N) is 2. The fourth-order valence-electron chi connectivity index (χ4n) is 2.73. The normalized spacial score (nSPS) is 14.8. The van der Waals surface area contributed by atoms with Crippen molar-refractivity contribution in [3.8, 4) is 0 Å². The number of amides is 1. The molecule has 120 valence electrons. The summed E-state index contributed by atoms with van der Waals surface area (Å²) in [6, 6.07) is 9.95. The van der Waals surface area contributed by atoms with E-state index in [-0.39, 0.29) is 36.8 Å². The van der Waals surface area contributed by atoms with Gasteiger partial charge in [0.1, 0.15) is 0 Å². The van der Waals surface area contributed by atoms with E-state index in [0.717, 1.165) is 48.1 Å². The van der Waals surface area contributed by atoms with E-state index in [4.69, 9.17) is 0 Å². The lowest BCUT2D eigenvalue weighted by atomic mass is 10.0. The second kappa shape index (κ2) is 8.32. The Kier molecular flexibility index (Phi) is 7.07. The smallest absolute Gasteiger partial charge is 0.252 e. The molecule has 0 bridgehead atoms. The molecule has 2 heterocycles. The van der Waals surface area contributed by atoms with Crippen LogP contribution in [0, 0.1) is 6.92 Å². The van der Waals surface area contributed by atoms with Crippen LogP contribution in [-0.2, 0) is 0 Å². The highest BCUT2D eigenvalue weighted by atomic mass is 35.5. The topological polar surface area (TPSA) is 54.0 Å². The molecule has 0 saturated carbocycles. The number of hydrogen-bond donors (Lipinski definition) is 2. The fourth-order valence-corrected chi connectivity index (χ4v) is 2.73. The molecule has 6 heteroatoms. The van der Waals surface area contributed by atoms with Crippen molar-refractivity contribution < 1.29 is 4.79 Å². The molecule has 1 fully saturated rings. The Bertz CT molecular complexity index is 642. The molecule has 1 aliphatic heterocycles. The molecule has 0 aliphatic carbocycles. The van der Waals surface area contributed by atoms with Crippen molar-refractivity contribution >= 4 is 41.6 Å². The number of piperidine rings is 1. The lowest BCUT2D eigenvalue weighted by Gasteiger charge is -2.24. The summed E-state index contributed by atoms with van der Waals surface area (Å²) in [6.45, 7) is 3.87.